The van der Waals surface area contributed by atoms with Crippen molar-refractivity contribution in [2.45, 2.75) is 51.0 Å². The molecule has 6 heteroatoms. The molecule has 2 aliphatic rings. The van der Waals surface area contributed by atoms with E-state index in [2.05, 4.69) is 21.6 Å². The molecule has 0 bridgehead atoms. The van der Waals surface area contributed by atoms with Crippen LogP contribution in [0.15, 0.2) is 18.5 Å². The highest BCUT2D eigenvalue weighted by atomic mass is 16.2. The summed E-state index contributed by atoms with van der Waals surface area (Å²) >= 11 is 0. The topological polar surface area (TPSA) is 56.0 Å². The molecule has 0 aromatic carbocycles. The average molecular weight is 327 g/mol. The molecular formula is C18H25N5O. The van der Waals surface area contributed by atoms with Gasteiger partial charge in [-0.15, -0.1) is 0 Å². The molecule has 1 aliphatic carbocycles. The summed E-state index contributed by atoms with van der Waals surface area (Å²) in [6.45, 7) is 3.74. The van der Waals surface area contributed by atoms with Crippen molar-refractivity contribution in [3.05, 3.63) is 35.7 Å². The summed E-state index contributed by atoms with van der Waals surface area (Å²) in [4.78, 5) is 19.2. The largest absolute Gasteiger partial charge is 0.337 e. The van der Waals surface area contributed by atoms with E-state index in [1.807, 2.05) is 24.3 Å². The number of piperidine rings is 1. The molecule has 0 atom stereocenters. The van der Waals surface area contributed by atoms with Gasteiger partial charge in [0, 0.05) is 50.2 Å². The molecule has 1 saturated heterocycles. The first-order chi connectivity index (χ1) is 11.6. The first kappa shape index (κ1) is 15.4. The molecule has 0 unspecified atom stereocenters. The number of imidazole rings is 1. The maximum absolute atomic E-state index is 12.5. The van der Waals surface area contributed by atoms with Crippen LogP contribution in [0.2, 0.25) is 0 Å². The van der Waals surface area contributed by atoms with Crippen LogP contribution < -0.4 is 0 Å². The third kappa shape index (κ3) is 2.64. The molecule has 0 N–H and O–H groups in total. The Labute approximate surface area is 142 Å². The van der Waals surface area contributed by atoms with E-state index in [0.29, 0.717) is 17.7 Å². The minimum Gasteiger partial charge on any atom is -0.337 e. The Hall–Kier alpha value is -2.11. The van der Waals surface area contributed by atoms with E-state index in [9.17, 15) is 4.79 Å². The van der Waals surface area contributed by atoms with Crippen molar-refractivity contribution < 1.29 is 4.79 Å². The Morgan fingerprint density at radius 2 is 1.96 bits per heavy atom. The van der Waals surface area contributed by atoms with Gasteiger partial charge in [0.15, 0.2) is 0 Å². The Morgan fingerprint density at radius 1 is 1.21 bits per heavy atom. The molecule has 128 valence electrons. The fourth-order valence-corrected chi connectivity index (χ4v) is 3.93. The lowest BCUT2D eigenvalue weighted by Crippen LogP contribution is -2.40. The highest BCUT2D eigenvalue weighted by molar-refractivity contribution is 5.92. The Kier molecular flexibility index (Phi) is 3.90. The number of rotatable bonds is 3. The number of amides is 1. The van der Waals surface area contributed by atoms with Crippen molar-refractivity contribution >= 4 is 5.91 Å². The number of hydrogen-bond acceptors (Lipinski definition) is 3. The number of carbonyl (C=O) groups is 1. The van der Waals surface area contributed by atoms with E-state index in [4.69, 9.17) is 0 Å². The van der Waals surface area contributed by atoms with Gasteiger partial charge in [0.2, 0.25) is 0 Å². The quantitative estimate of drug-likeness (QED) is 0.871. The molecule has 1 aliphatic heterocycles. The van der Waals surface area contributed by atoms with E-state index >= 15 is 0 Å². The Balaban J connectivity index is 1.45. The predicted octanol–water partition coefficient (Wildman–Crippen LogP) is 2.67. The normalized spacial score (nSPS) is 19.5. The fourth-order valence-electron chi connectivity index (χ4n) is 3.93. The van der Waals surface area contributed by atoms with Gasteiger partial charge in [0.1, 0.15) is 11.5 Å². The zero-order valence-corrected chi connectivity index (χ0v) is 14.5. The predicted molar refractivity (Wildman–Crippen MR) is 90.9 cm³/mol. The lowest BCUT2D eigenvalue weighted by molar-refractivity contribution is 0.0685. The van der Waals surface area contributed by atoms with Gasteiger partial charge < -0.3 is 9.47 Å². The number of likely N-dealkylation sites (tertiary alicyclic amines) is 1. The van der Waals surface area contributed by atoms with Crippen molar-refractivity contribution in [1.82, 2.24) is 24.2 Å². The smallest absolute Gasteiger partial charge is 0.274 e. The molecular weight excluding hydrogens is 302 g/mol. The summed E-state index contributed by atoms with van der Waals surface area (Å²) in [6.07, 6.45) is 9.69. The van der Waals surface area contributed by atoms with Crippen LogP contribution in [0, 0.1) is 6.92 Å². The van der Waals surface area contributed by atoms with Crippen LogP contribution in [0.5, 0.6) is 0 Å². The molecule has 2 aromatic rings. The van der Waals surface area contributed by atoms with Gasteiger partial charge in [-0.3, -0.25) is 9.48 Å². The zero-order chi connectivity index (χ0) is 16.7. The summed E-state index contributed by atoms with van der Waals surface area (Å²) in [5.41, 5.74) is 1.80. The van der Waals surface area contributed by atoms with Crippen LogP contribution in [0.4, 0.5) is 0 Å². The summed E-state index contributed by atoms with van der Waals surface area (Å²) in [6, 6.07) is 2.26. The highest BCUT2D eigenvalue weighted by Crippen LogP contribution is 2.38. The first-order valence-electron chi connectivity index (χ1n) is 8.96. The van der Waals surface area contributed by atoms with Crippen LogP contribution in [0.3, 0.4) is 0 Å². The molecule has 24 heavy (non-hydrogen) atoms. The number of nitrogens with zero attached hydrogens (tertiary/aromatic N) is 5. The molecule has 0 radical (unpaired) electrons. The summed E-state index contributed by atoms with van der Waals surface area (Å²) < 4.78 is 4.13. The zero-order valence-electron chi connectivity index (χ0n) is 14.5. The third-order valence-electron chi connectivity index (χ3n) is 5.53. The second-order valence-corrected chi connectivity index (χ2v) is 7.15. The standard InChI is InChI=1S/C18H25N5O/c1-13-12-19-17(14-4-3-5-14)23(13)15-6-10-22(11-7-15)18(24)16-8-9-21(2)20-16/h8-9,12,14-15H,3-7,10-11H2,1-2H3. The number of carbonyl (C=O) groups excluding carboxylic acids is 1. The SMILES string of the molecule is Cc1cnc(C2CCC2)n1C1CCN(C(=O)c2ccn(C)n2)CC1. The van der Waals surface area contributed by atoms with E-state index in [-0.39, 0.29) is 5.91 Å². The first-order valence-corrected chi connectivity index (χ1v) is 8.96. The number of hydrogen-bond donors (Lipinski definition) is 0. The minimum absolute atomic E-state index is 0.0515. The fraction of sp³-hybridized carbons (Fsp3) is 0.611. The lowest BCUT2D eigenvalue weighted by atomic mass is 9.84. The molecule has 3 heterocycles. The van der Waals surface area contributed by atoms with Crippen molar-refractivity contribution in [3.8, 4) is 0 Å². The van der Waals surface area contributed by atoms with Crippen molar-refractivity contribution in [2.75, 3.05) is 13.1 Å². The van der Waals surface area contributed by atoms with Gasteiger partial charge in [-0.25, -0.2) is 4.98 Å². The minimum atomic E-state index is 0.0515. The molecule has 1 amide bonds. The molecule has 1 saturated carbocycles. The Morgan fingerprint density at radius 3 is 2.54 bits per heavy atom. The lowest BCUT2D eigenvalue weighted by Gasteiger charge is -2.35. The van der Waals surface area contributed by atoms with Gasteiger partial charge in [-0.1, -0.05) is 6.42 Å². The van der Waals surface area contributed by atoms with E-state index < -0.39 is 0 Å². The molecule has 0 spiro atoms. The van der Waals surface area contributed by atoms with Crippen LogP contribution >= 0.6 is 0 Å². The van der Waals surface area contributed by atoms with Gasteiger partial charge in [-0.2, -0.15) is 5.10 Å². The maximum Gasteiger partial charge on any atom is 0.274 e. The van der Waals surface area contributed by atoms with Crippen LogP contribution in [-0.2, 0) is 7.05 Å². The van der Waals surface area contributed by atoms with Crippen molar-refractivity contribution in [1.29, 1.82) is 0 Å². The van der Waals surface area contributed by atoms with Crippen LogP contribution in [-0.4, -0.2) is 43.2 Å². The Bertz CT molecular complexity index is 734. The maximum atomic E-state index is 12.5. The van der Waals surface area contributed by atoms with Gasteiger partial charge in [-0.05, 0) is 38.7 Å². The van der Waals surface area contributed by atoms with Crippen LogP contribution in [0.1, 0.15) is 66.1 Å². The summed E-state index contributed by atoms with van der Waals surface area (Å²) in [7, 11) is 1.84. The molecule has 2 fully saturated rings. The second kappa shape index (κ2) is 6.07. The van der Waals surface area contributed by atoms with Gasteiger partial charge >= 0.3 is 0 Å². The van der Waals surface area contributed by atoms with Gasteiger partial charge in [0.25, 0.3) is 5.91 Å². The van der Waals surface area contributed by atoms with Crippen molar-refractivity contribution in [2.24, 2.45) is 7.05 Å². The number of aryl methyl sites for hydroxylation is 2. The molecule has 6 nitrogen and oxygen atoms in total. The summed E-state index contributed by atoms with van der Waals surface area (Å²) in [5, 5.41) is 4.24. The highest BCUT2D eigenvalue weighted by Gasteiger charge is 2.31. The molecule has 2 aromatic heterocycles. The summed E-state index contributed by atoms with van der Waals surface area (Å²) in [5.74, 6) is 1.97. The second-order valence-electron chi connectivity index (χ2n) is 7.15. The van der Waals surface area contributed by atoms with E-state index in [1.54, 1.807) is 10.7 Å². The molecule has 4 rings (SSSR count). The van der Waals surface area contributed by atoms with Crippen LogP contribution in [0.25, 0.3) is 0 Å². The van der Waals surface area contributed by atoms with E-state index in [1.165, 1.54) is 30.8 Å². The number of aromatic nitrogens is 4. The van der Waals surface area contributed by atoms with Gasteiger partial charge in [0.05, 0.1) is 0 Å². The monoisotopic (exact) mass is 327 g/mol. The van der Waals surface area contributed by atoms with Crippen molar-refractivity contribution in [3.63, 3.8) is 0 Å². The third-order valence-corrected chi connectivity index (χ3v) is 5.53. The van der Waals surface area contributed by atoms with E-state index in [0.717, 1.165) is 25.9 Å². The average Bonchev–Trinajstić information content (AvgIpc) is 3.12.